The minimum atomic E-state index is -4.03. The third-order valence-corrected chi connectivity index (χ3v) is 7.95. The molecule has 0 unspecified atom stereocenters. The fourth-order valence-corrected chi connectivity index (χ4v) is 5.11. The standard InChI is InChI=1S/C26H20BrClN2O4S/c27-24-16-11-19(17-25(24)28)29-26(31)18-30(35(32,33)23-9-5-2-6-10-23)20-12-14-22(15-13-20)34-21-7-3-1-4-8-21/h1-17H,18H2,(H,29,31). The van der Waals surface area contributed by atoms with Gasteiger partial charge >= 0.3 is 0 Å². The Labute approximate surface area is 217 Å². The van der Waals surface area contributed by atoms with Crippen LogP contribution in [-0.2, 0) is 14.8 Å². The van der Waals surface area contributed by atoms with E-state index in [0.29, 0.717) is 32.4 Å². The Hall–Kier alpha value is -3.33. The number of halogens is 2. The molecule has 0 aromatic heterocycles. The predicted octanol–water partition coefficient (Wildman–Crippen LogP) is 6.73. The van der Waals surface area contributed by atoms with Gasteiger partial charge in [-0.3, -0.25) is 9.10 Å². The summed E-state index contributed by atoms with van der Waals surface area (Å²) in [6.45, 7) is -0.441. The van der Waals surface area contributed by atoms with Gasteiger partial charge in [0.1, 0.15) is 18.0 Å². The molecule has 0 aliphatic carbocycles. The molecule has 0 atom stereocenters. The van der Waals surface area contributed by atoms with E-state index < -0.39 is 22.5 Å². The first-order valence-electron chi connectivity index (χ1n) is 10.5. The predicted molar refractivity (Wildman–Crippen MR) is 142 cm³/mol. The molecule has 0 spiro atoms. The average molecular weight is 572 g/mol. The highest BCUT2D eigenvalue weighted by Gasteiger charge is 2.27. The molecular weight excluding hydrogens is 552 g/mol. The van der Waals surface area contributed by atoms with Crippen molar-refractivity contribution in [1.82, 2.24) is 0 Å². The number of amides is 1. The quantitative estimate of drug-likeness (QED) is 0.254. The lowest BCUT2D eigenvalue weighted by atomic mass is 10.3. The summed E-state index contributed by atoms with van der Waals surface area (Å²) in [7, 11) is -4.03. The van der Waals surface area contributed by atoms with E-state index in [2.05, 4.69) is 21.2 Å². The summed E-state index contributed by atoms with van der Waals surface area (Å²) in [6.07, 6.45) is 0. The molecule has 1 N–H and O–H groups in total. The first kappa shape index (κ1) is 24.8. The fourth-order valence-electron chi connectivity index (χ4n) is 3.24. The lowest BCUT2D eigenvalue weighted by Gasteiger charge is -2.24. The Kier molecular flexibility index (Phi) is 7.75. The van der Waals surface area contributed by atoms with E-state index in [9.17, 15) is 13.2 Å². The van der Waals surface area contributed by atoms with Crippen LogP contribution in [0.15, 0.2) is 112 Å². The number of anilines is 2. The monoisotopic (exact) mass is 570 g/mol. The first-order valence-corrected chi connectivity index (χ1v) is 13.1. The summed E-state index contributed by atoms with van der Waals surface area (Å²) >= 11 is 9.41. The third-order valence-electron chi connectivity index (χ3n) is 4.93. The van der Waals surface area contributed by atoms with E-state index in [-0.39, 0.29) is 4.90 Å². The summed E-state index contributed by atoms with van der Waals surface area (Å²) in [5, 5.41) is 3.12. The Morgan fingerprint density at radius 3 is 2.09 bits per heavy atom. The topological polar surface area (TPSA) is 75.7 Å². The highest BCUT2D eigenvalue weighted by atomic mass is 79.9. The minimum Gasteiger partial charge on any atom is -0.457 e. The summed E-state index contributed by atoms with van der Waals surface area (Å²) < 4.78 is 34.5. The van der Waals surface area contributed by atoms with Crippen molar-refractivity contribution in [3.05, 3.63) is 113 Å². The molecule has 0 aliphatic heterocycles. The van der Waals surface area contributed by atoms with Gasteiger partial charge in [0.2, 0.25) is 5.91 Å². The van der Waals surface area contributed by atoms with Gasteiger partial charge in [0.25, 0.3) is 10.0 Å². The number of para-hydroxylation sites is 1. The second kappa shape index (κ2) is 10.9. The smallest absolute Gasteiger partial charge is 0.264 e. The summed E-state index contributed by atoms with van der Waals surface area (Å²) in [4.78, 5) is 13.0. The molecule has 0 fully saturated rings. The zero-order valence-corrected chi connectivity index (χ0v) is 21.4. The number of carbonyl (C=O) groups excluding carboxylic acids is 1. The number of benzene rings is 4. The Bertz CT molecular complexity index is 1420. The minimum absolute atomic E-state index is 0.0732. The van der Waals surface area contributed by atoms with E-state index in [0.717, 1.165) is 4.31 Å². The highest BCUT2D eigenvalue weighted by Crippen LogP contribution is 2.29. The molecule has 0 radical (unpaired) electrons. The van der Waals surface area contributed by atoms with Gasteiger partial charge in [0.05, 0.1) is 15.6 Å². The van der Waals surface area contributed by atoms with Crippen LogP contribution < -0.4 is 14.4 Å². The Balaban J connectivity index is 1.61. The molecule has 9 heteroatoms. The zero-order valence-electron chi connectivity index (χ0n) is 18.3. The normalized spacial score (nSPS) is 11.0. The molecule has 1 amide bonds. The van der Waals surface area contributed by atoms with Crippen molar-refractivity contribution in [3.8, 4) is 11.5 Å². The lowest BCUT2D eigenvalue weighted by molar-refractivity contribution is -0.114. The largest absolute Gasteiger partial charge is 0.457 e. The number of hydrogen-bond donors (Lipinski definition) is 1. The molecule has 4 aromatic rings. The van der Waals surface area contributed by atoms with Crippen molar-refractivity contribution in [2.24, 2.45) is 0 Å². The number of ether oxygens (including phenoxy) is 1. The van der Waals surface area contributed by atoms with E-state index in [1.165, 1.54) is 12.1 Å². The third kappa shape index (κ3) is 6.22. The van der Waals surface area contributed by atoms with E-state index in [1.807, 2.05) is 30.3 Å². The molecule has 0 heterocycles. The average Bonchev–Trinajstić information content (AvgIpc) is 2.86. The van der Waals surface area contributed by atoms with Crippen LogP contribution in [0.25, 0.3) is 0 Å². The van der Waals surface area contributed by atoms with Gasteiger partial charge in [-0.1, -0.05) is 48.0 Å². The van der Waals surface area contributed by atoms with Gasteiger partial charge in [0.15, 0.2) is 0 Å². The van der Waals surface area contributed by atoms with Crippen LogP contribution >= 0.6 is 27.5 Å². The van der Waals surface area contributed by atoms with E-state index in [1.54, 1.807) is 60.7 Å². The van der Waals surface area contributed by atoms with Crippen molar-refractivity contribution in [2.75, 3.05) is 16.2 Å². The van der Waals surface area contributed by atoms with Gasteiger partial charge in [-0.25, -0.2) is 8.42 Å². The molecule has 0 saturated carbocycles. The van der Waals surface area contributed by atoms with Crippen molar-refractivity contribution >= 4 is 54.8 Å². The van der Waals surface area contributed by atoms with Gasteiger partial charge in [-0.05, 0) is 82.7 Å². The van der Waals surface area contributed by atoms with Crippen molar-refractivity contribution in [1.29, 1.82) is 0 Å². The lowest BCUT2D eigenvalue weighted by Crippen LogP contribution is -2.38. The van der Waals surface area contributed by atoms with Crippen LogP contribution in [0.3, 0.4) is 0 Å². The van der Waals surface area contributed by atoms with Gasteiger partial charge in [-0.2, -0.15) is 0 Å². The van der Waals surface area contributed by atoms with Crippen molar-refractivity contribution in [3.63, 3.8) is 0 Å². The van der Waals surface area contributed by atoms with Crippen LogP contribution in [0, 0.1) is 0 Å². The van der Waals surface area contributed by atoms with Crippen LogP contribution in [0.1, 0.15) is 0 Å². The summed E-state index contributed by atoms with van der Waals surface area (Å²) in [5.74, 6) is 0.667. The molecule has 4 rings (SSSR count). The maximum absolute atomic E-state index is 13.5. The van der Waals surface area contributed by atoms with Gasteiger partial charge < -0.3 is 10.1 Å². The highest BCUT2D eigenvalue weighted by molar-refractivity contribution is 9.10. The number of nitrogens with zero attached hydrogens (tertiary/aromatic N) is 1. The van der Waals surface area contributed by atoms with Crippen LogP contribution in [0.2, 0.25) is 5.02 Å². The maximum Gasteiger partial charge on any atom is 0.264 e. The van der Waals surface area contributed by atoms with Crippen LogP contribution in [-0.4, -0.2) is 20.9 Å². The van der Waals surface area contributed by atoms with E-state index >= 15 is 0 Å². The van der Waals surface area contributed by atoms with Gasteiger partial charge in [0, 0.05) is 10.2 Å². The SMILES string of the molecule is O=C(CN(c1ccc(Oc2ccccc2)cc1)S(=O)(=O)c1ccccc1)Nc1ccc(Br)c(Cl)c1. The fraction of sp³-hybridized carbons (Fsp3) is 0.0385. The van der Waals surface area contributed by atoms with Crippen molar-refractivity contribution in [2.45, 2.75) is 4.90 Å². The first-order chi connectivity index (χ1) is 16.8. The molecule has 35 heavy (non-hydrogen) atoms. The molecule has 0 saturated heterocycles. The maximum atomic E-state index is 13.5. The van der Waals surface area contributed by atoms with E-state index in [4.69, 9.17) is 16.3 Å². The number of carbonyl (C=O) groups is 1. The van der Waals surface area contributed by atoms with Crippen LogP contribution in [0.4, 0.5) is 11.4 Å². The molecular formula is C26H20BrClN2O4S. The number of rotatable bonds is 8. The molecule has 0 bridgehead atoms. The number of sulfonamides is 1. The second-order valence-electron chi connectivity index (χ2n) is 7.41. The Morgan fingerprint density at radius 1 is 0.857 bits per heavy atom. The molecule has 4 aromatic carbocycles. The zero-order chi connectivity index (χ0) is 24.8. The second-order valence-corrected chi connectivity index (χ2v) is 10.5. The van der Waals surface area contributed by atoms with Crippen LogP contribution in [0.5, 0.6) is 11.5 Å². The summed E-state index contributed by atoms with van der Waals surface area (Å²) in [5.41, 5.74) is 0.769. The summed E-state index contributed by atoms with van der Waals surface area (Å²) in [6, 6.07) is 28.6. The number of nitrogens with one attached hydrogen (secondary N) is 1. The molecule has 178 valence electrons. The molecule has 0 aliphatic rings. The number of hydrogen-bond acceptors (Lipinski definition) is 4. The molecule has 6 nitrogen and oxygen atoms in total. The van der Waals surface area contributed by atoms with Crippen molar-refractivity contribution < 1.29 is 17.9 Å². The Morgan fingerprint density at radius 2 is 1.46 bits per heavy atom. The van der Waals surface area contributed by atoms with Gasteiger partial charge in [-0.15, -0.1) is 0 Å².